The Morgan fingerprint density at radius 2 is 1.86 bits per heavy atom. The summed E-state index contributed by atoms with van der Waals surface area (Å²) in [6, 6.07) is 20.0. The molecule has 5 nitrogen and oxygen atoms in total. The number of methoxy groups -OCH3 is 1. The second-order valence-corrected chi connectivity index (χ2v) is 10.5. The van der Waals surface area contributed by atoms with Crippen molar-refractivity contribution in [2.24, 2.45) is 0 Å². The van der Waals surface area contributed by atoms with Gasteiger partial charge in [0.15, 0.2) is 0 Å². The highest BCUT2D eigenvalue weighted by molar-refractivity contribution is 7.15. The van der Waals surface area contributed by atoms with Gasteiger partial charge in [-0.25, -0.2) is 4.79 Å². The number of amides is 2. The van der Waals surface area contributed by atoms with Gasteiger partial charge in [0, 0.05) is 22.3 Å². The van der Waals surface area contributed by atoms with Crippen LogP contribution in [0.3, 0.4) is 0 Å². The van der Waals surface area contributed by atoms with Crippen LogP contribution in [0.15, 0.2) is 66.9 Å². The summed E-state index contributed by atoms with van der Waals surface area (Å²) in [7, 11) is 1.68. The largest absolute Gasteiger partial charge is 0.497 e. The van der Waals surface area contributed by atoms with Crippen molar-refractivity contribution < 1.29 is 9.53 Å². The number of carbonyl (C=O) groups is 1. The number of benzene rings is 2. The van der Waals surface area contributed by atoms with E-state index in [1.807, 2.05) is 59.6 Å². The summed E-state index contributed by atoms with van der Waals surface area (Å²) in [6.07, 6.45) is 6.84. The number of aromatic nitrogens is 1. The van der Waals surface area contributed by atoms with Crippen LogP contribution in [-0.2, 0) is 19.4 Å². The van der Waals surface area contributed by atoms with Gasteiger partial charge in [0.05, 0.1) is 25.4 Å². The molecule has 0 unspecified atom stereocenters. The van der Waals surface area contributed by atoms with Crippen molar-refractivity contribution in [2.75, 3.05) is 12.4 Å². The van der Waals surface area contributed by atoms with E-state index >= 15 is 0 Å². The zero-order valence-electron chi connectivity index (χ0n) is 20.1. The SMILES string of the molecule is COc1ccc([C@@H]2c3cccn3-c3sc4c(c3CN2C(=O)Nc2cccc(C)c2)CCCC4)cc1. The van der Waals surface area contributed by atoms with E-state index in [0.29, 0.717) is 6.54 Å². The fraction of sp³-hybridized carbons (Fsp3) is 0.276. The minimum Gasteiger partial charge on any atom is -0.497 e. The lowest BCUT2D eigenvalue weighted by Crippen LogP contribution is -2.38. The molecule has 35 heavy (non-hydrogen) atoms. The number of rotatable bonds is 3. The molecule has 2 aliphatic rings. The summed E-state index contributed by atoms with van der Waals surface area (Å²) in [4.78, 5) is 17.4. The van der Waals surface area contributed by atoms with Crippen LogP contribution in [0.2, 0.25) is 0 Å². The molecule has 2 aromatic carbocycles. The smallest absolute Gasteiger partial charge is 0.322 e. The van der Waals surface area contributed by atoms with Gasteiger partial charge < -0.3 is 19.5 Å². The Morgan fingerprint density at radius 3 is 2.66 bits per heavy atom. The number of hydrogen-bond acceptors (Lipinski definition) is 3. The first-order valence-corrected chi connectivity index (χ1v) is 13.0. The minimum atomic E-state index is -0.223. The zero-order valence-corrected chi connectivity index (χ0v) is 20.9. The average Bonchev–Trinajstić information content (AvgIpc) is 3.46. The van der Waals surface area contributed by atoms with Crippen molar-refractivity contribution in [1.82, 2.24) is 9.47 Å². The van der Waals surface area contributed by atoms with E-state index in [-0.39, 0.29) is 12.1 Å². The van der Waals surface area contributed by atoms with Gasteiger partial charge in [-0.2, -0.15) is 0 Å². The topological polar surface area (TPSA) is 46.5 Å². The van der Waals surface area contributed by atoms with E-state index in [1.165, 1.54) is 33.8 Å². The molecule has 6 rings (SSSR count). The van der Waals surface area contributed by atoms with E-state index in [9.17, 15) is 4.79 Å². The predicted octanol–water partition coefficient (Wildman–Crippen LogP) is 6.87. The highest BCUT2D eigenvalue weighted by atomic mass is 32.1. The van der Waals surface area contributed by atoms with Crippen molar-refractivity contribution >= 4 is 23.1 Å². The van der Waals surface area contributed by atoms with Crippen LogP contribution in [0.4, 0.5) is 10.5 Å². The molecule has 0 radical (unpaired) electrons. The summed E-state index contributed by atoms with van der Waals surface area (Å²) in [5, 5.41) is 4.45. The molecule has 1 aliphatic heterocycles. The van der Waals surface area contributed by atoms with E-state index in [1.54, 1.807) is 7.11 Å². The molecular weight excluding hydrogens is 454 g/mol. The summed E-state index contributed by atoms with van der Waals surface area (Å²) in [6.45, 7) is 2.62. The lowest BCUT2D eigenvalue weighted by molar-refractivity contribution is 0.194. The van der Waals surface area contributed by atoms with Gasteiger partial charge in [-0.1, -0.05) is 24.3 Å². The third-order valence-electron chi connectivity index (χ3n) is 7.14. The van der Waals surface area contributed by atoms with Gasteiger partial charge in [-0.15, -0.1) is 11.3 Å². The van der Waals surface area contributed by atoms with Crippen LogP contribution >= 0.6 is 11.3 Å². The number of carbonyl (C=O) groups excluding carboxylic acids is 1. The highest BCUT2D eigenvalue weighted by Gasteiger charge is 2.36. The molecule has 3 heterocycles. The maximum absolute atomic E-state index is 14.0. The lowest BCUT2D eigenvalue weighted by Gasteiger charge is -2.31. The number of fused-ring (bicyclic) bond motifs is 5. The van der Waals surface area contributed by atoms with E-state index in [0.717, 1.165) is 41.1 Å². The zero-order chi connectivity index (χ0) is 23.9. The van der Waals surface area contributed by atoms with Crippen molar-refractivity contribution in [1.29, 1.82) is 0 Å². The van der Waals surface area contributed by atoms with Crippen LogP contribution < -0.4 is 10.1 Å². The number of aryl methyl sites for hydroxylation is 2. The van der Waals surface area contributed by atoms with Crippen LogP contribution in [0.1, 0.15) is 51.7 Å². The van der Waals surface area contributed by atoms with Gasteiger partial charge in [-0.05, 0) is 85.7 Å². The Balaban J connectivity index is 1.49. The van der Waals surface area contributed by atoms with Crippen molar-refractivity contribution in [3.8, 4) is 10.8 Å². The summed E-state index contributed by atoms with van der Waals surface area (Å²) < 4.78 is 7.72. The molecular formula is C29H29N3O2S. The number of ether oxygens (including phenoxy) is 1. The molecule has 0 saturated heterocycles. The third kappa shape index (κ3) is 3.92. The number of anilines is 1. The fourth-order valence-corrected chi connectivity index (χ4v) is 6.85. The highest BCUT2D eigenvalue weighted by Crippen LogP contribution is 2.44. The summed E-state index contributed by atoms with van der Waals surface area (Å²) in [5.74, 6) is 0.807. The maximum atomic E-state index is 14.0. The number of urea groups is 1. The summed E-state index contributed by atoms with van der Waals surface area (Å²) >= 11 is 1.91. The van der Waals surface area contributed by atoms with Crippen molar-refractivity contribution in [3.63, 3.8) is 0 Å². The van der Waals surface area contributed by atoms with Crippen LogP contribution in [0.5, 0.6) is 5.75 Å². The standard InChI is InChI=1S/C29H29N3O2S/c1-19-7-5-8-21(17-19)30-29(33)32-18-24-23-9-3-4-11-26(23)35-28(24)31-16-6-10-25(31)27(32)20-12-14-22(34-2)15-13-20/h5-8,10,12-17,27H,3-4,9,11,18H2,1-2H3,(H,30,33)/t27-/m1/s1. The normalized spacial score (nSPS) is 16.6. The Morgan fingerprint density at radius 1 is 1.03 bits per heavy atom. The Labute approximate surface area is 210 Å². The van der Waals surface area contributed by atoms with Gasteiger partial charge in [0.2, 0.25) is 0 Å². The lowest BCUT2D eigenvalue weighted by atomic mass is 9.95. The molecule has 2 amide bonds. The van der Waals surface area contributed by atoms with E-state index in [2.05, 4.69) is 40.3 Å². The van der Waals surface area contributed by atoms with Crippen molar-refractivity contribution in [2.45, 2.75) is 45.2 Å². The second-order valence-electron chi connectivity index (χ2n) is 9.40. The van der Waals surface area contributed by atoms with E-state index in [4.69, 9.17) is 4.74 Å². The molecule has 4 aromatic rings. The first kappa shape index (κ1) is 22.0. The first-order valence-electron chi connectivity index (χ1n) is 12.2. The molecule has 1 N–H and O–H groups in total. The van der Waals surface area contributed by atoms with Crippen molar-refractivity contribution in [3.05, 3.63) is 99.7 Å². The van der Waals surface area contributed by atoms with Gasteiger partial charge in [0.25, 0.3) is 0 Å². The van der Waals surface area contributed by atoms with E-state index < -0.39 is 0 Å². The quantitative estimate of drug-likeness (QED) is 0.346. The van der Waals surface area contributed by atoms with Gasteiger partial charge in [0.1, 0.15) is 10.8 Å². The van der Waals surface area contributed by atoms with Crippen LogP contribution in [-0.4, -0.2) is 22.6 Å². The molecule has 0 spiro atoms. The molecule has 1 aliphatic carbocycles. The van der Waals surface area contributed by atoms with Gasteiger partial charge >= 0.3 is 6.03 Å². The molecule has 0 fully saturated rings. The number of nitrogens with zero attached hydrogens (tertiary/aromatic N) is 2. The Kier molecular flexibility index (Phi) is 5.61. The Hall–Kier alpha value is -3.51. The third-order valence-corrected chi connectivity index (χ3v) is 8.47. The molecule has 178 valence electrons. The molecule has 0 saturated carbocycles. The molecule has 0 bridgehead atoms. The fourth-order valence-electron chi connectivity index (χ4n) is 5.44. The molecule has 1 atom stereocenters. The molecule has 6 heteroatoms. The number of nitrogens with one attached hydrogen (secondary N) is 1. The second kappa shape index (κ2) is 8.93. The summed E-state index contributed by atoms with van der Waals surface area (Å²) in [5.41, 5.74) is 6.86. The predicted molar refractivity (Wildman–Crippen MR) is 141 cm³/mol. The molecule has 2 aromatic heterocycles. The number of hydrogen-bond donors (Lipinski definition) is 1. The maximum Gasteiger partial charge on any atom is 0.322 e. The minimum absolute atomic E-state index is 0.0900. The van der Waals surface area contributed by atoms with Gasteiger partial charge in [-0.3, -0.25) is 0 Å². The Bertz CT molecular complexity index is 1390. The monoisotopic (exact) mass is 483 g/mol. The first-order chi connectivity index (χ1) is 17.1. The van der Waals surface area contributed by atoms with Crippen LogP contribution in [0.25, 0.3) is 5.00 Å². The van der Waals surface area contributed by atoms with Crippen LogP contribution in [0, 0.1) is 6.92 Å². The number of thiophene rings is 1. The average molecular weight is 484 g/mol.